The number of hydrogen-bond acceptors (Lipinski definition) is 7. The molecule has 0 fully saturated rings. The Morgan fingerprint density at radius 3 is 2.23 bits per heavy atom. The number of anilines is 2. The van der Waals surface area contributed by atoms with Crippen LogP contribution in [0.15, 0.2) is 71.4 Å². The molecule has 3 aromatic carbocycles. The Morgan fingerprint density at radius 1 is 0.872 bits per heavy atom. The van der Waals surface area contributed by atoms with Gasteiger partial charge in [-0.1, -0.05) is 42.8 Å². The zero-order valence-corrected chi connectivity index (χ0v) is 22.7. The molecule has 0 aliphatic carbocycles. The molecule has 8 nitrogen and oxygen atoms in total. The average molecular weight is 547 g/mol. The van der Waals surface area contributed by atoms with Crippen molar-refractivity contribution in [3.8, 4) is 5.75 Å². The lowest BCUT2D eigenvalue weighted by Gasteiger charge is -2.18. The summed E-state index contributed by atoms with van der Waals surface area (Å²) in [6, 6.07) is 16.2. The Balaban J connectivity index is 1.52. The fraction of sp³-hybridized carbons (Fsp3) is 0.200. The smallest absolute Gasteiger partial charge is 0.343 e. The molecule has 4 rings (SSSR count). The first-order valence-electron chi connectivity index (χ1n) is 12.3. The highest BCUT2D eigenvalue weighted by Crippen LogP contribution is 2.33. The molecule has 39 heavy (non-hydrogen) atoms. The van der Waals surface area contributed by atoms with Crippen LogP contribution in [0, 0.1) is 20.8 Å². The summed E-state index contributed by atoms with van der Waals surface area (Å²) in [5.74, 6) is -2.16. The van der Waals surface area contributed by atoms with Gasteiger partial charge in [-0.25, -0.2) is 14.5 Å². The first-order chi connectivity index (χ1) is 18.6. The summed E-state index contributed by atoms with van der Waals surface area (Å²) in [5.41, 5.74) is 3.46. The van der Waals surface area contributed by atoms with E-state index in [9.17, 15) is 19.2 Å². The molecule has 2 amide bonds. The lowest BCUT2D eigenvalue weighted by atomic mass is 10.1. The molecule has 0 saturated heterocycles. The third-order valence-electron chi connectivity index (χ3n) is 6.29. The highest BCUT2D eigenvalue weighted by molar-refractivity contribution is 6.53. The highest BCUT2D eigenvalue weighted by atomic mass is 35.5. The number of halogens is 1. The molecule has 1 N–H and O–H groups in total. The molecular weight excluding hydrogens is 520 g/mol. The summed E-state index contributed by atoms with van der Waals surface area (Å²) in [7, 11) is 0. The summed E-state index contributed by atoms with van der Waals surface area (Å²) >= 11 is 6.26. The number of amides is 2. The number of imide groups is 1. The second-order valence-electron chi connectivity index (χ2n) is 9.03. The number of ether oxygens (including phenoxy) is 2. The van der Waals surface area contributed by atoms with Crippen LogP contribution in [0.3, 0.4) is 0 Å². The second-order valence-corrected chi connectivity index (χ2v) is 9.41. The van der Waals surface area contributed by atoms with Crippen molar-refractivity contribution in [2.24, 2.45) is 0 Å². The number of carbonyl (C=O) groups is 4. The number of nitrogens with zero attached hydrogens (tertiary/aromatic N) is 1. The number of nitrogens with one attached hydrogen (secondary N) is 1. The number of benzene rings is 3. The lowest BCUT2D eigenvalue weighted by Crippen LogP contribution is -2.33. The standard InChI is InChI=1S/C30H27ClN2O6/c1-5-16-38-30(37)22-8-6-7-9-23(22)33-27(34)24(31)25(28(33)35)32-21-14-12-20(13-15-21)29(36)39-26-18(3)11-10-17(2)19(26)4/h6-15,32H,5,16H2,1-4H3. The van der Waals surface area contributed by atoms with Crippen LogP contribution in [0.4, 0.5) is 11.4 Å². The lowest BCUT2D eigenvalue weighted by molar-refractivity contribution is -0.120. The van der Waals surface area contributed by atoms with E-state index in [0.717, 1.165) is 21.6 Å². The van der Waals surface area contributed by atoms with Gasteiger partial charge in [0.2, 0.25) is 0 Å². The largest absolute Gasteiger partial charge is 0.462 e. The Morgan fingerprint density at radius 2 is 1.54 bits per heavy atom. The van der Waals surface area contributed by atoms with Gasteiger partial charge in [0.1, 0.15) is 16.5 Å². The summed E-state index contributed by atoms with van der Waals surface area (Å²) in [6.07, 6.45) is 0.624. The topological polar surface area (TPSA) is 102 Å². The maximum atomic E-state index is 13.3. The second kappa shape index (κ2) is 11.5. The van der Waals surface area contributed by atoms with E-state index in [2.05, 4.69) is 5.32 Å². The van der Waals surface area contributed by atoms with Crippen LogP contribution in [0.1, 0.15) is 50.8 Å². The van der Waals surface area contributed by atoms with Crippen molar-refractivity contribution in [3.05, 3.63) is 99.2 Å². The first kappa shape index (κ1) is 27.6. The molecule has 3 aromatic rings. The third kappa shape index (κ3) is 5.56. The van der Waals surface area contributed by atoms with Crippen LogP contribution in [0.25, 0.3) is 0 Å². The van der Waals surface area contributed by atoms with Crippen molar-refractivity contribution in [2.75, 3.05) is 16.8 Å². The van der Waals surface area contributed by atoms with Gasteiger partial charge in [-0.2, -0.15) is 0 Å². The number of esters is 2. The van der Waals surface area contributed by atoms with E-state index in [-0.39, 0.29) is 28.6 Å². The van der Waals surface area contributed by atoms with Crippen LogP contribution < -0.4 is 15.0 Å². The van der Waals surface area contributed by atoms with Gasteiger partial charge < -0.3 is 14.8 Å². The molecule has 0 bridgehead atoms. The molecule has 0 unspecified atom stereocenters. The third-order valence-corrected chi connectivity index (χ3v) is 6.64. The SMILES string of the molecule is CCCOC(=O)c1ccccc1N1C(=O)C(Cl)=C(Nc2ccc(C(=O)Oc3c(C)ccc(C)c3C)cc2)C1=O. The van der Waals surface area contributed by atoms with Gasteiger partial charge in [-0.3, -0.25) is 9.59 Å². The van der Waals surface area contributed by atoms with Gasteiger partial charge in [0, 0.05) is 5.69 Å². The van der Waals surface area contributed by atoms with E-state index in [0.29, 0.717) is 23.4 Å². The van der Waals surface area contributed by atoms with E-state index in [1.54, 1.807) is 24.3 Å². The van der Waals surface area contributed by atoms with E-state index >= 15 is 0 Å². The van der Waals surface area contributed by atoms with E-state index < -0.39 is 23.8 Å². The first-order valence-corrected chi connectivity index (χ1v) is 12.7. The van der Waals surface area contributed by atoms with Gasteiger partial charge in [0.25, 0.3) is 11.8 Å². The molecule has 0 radical (unpaired) electrons. The average Bonchev–Trinajstić information content (AvgIpc) is 3.14. The van der Waals surface area contributed by atoms with Gasteiger partial charge in [-0.15, -0.1) is 0 Å². The number of para-hydroxylation sites is 1. The monoisotopic (exact) mass is 546 g/mol. The molecule has 1 aliphatic rings. The van der Waals surface area contributed by atoms with Crippen molar-refractivity contribution in [1.29, 1.82) is 0 Å². The predicted octanol–water partition coefficient (Wildman–Crippen LogP) is 5.83. The zero-order valence-electron chi connectivity index (χ0n) is 22.0. The summed E-state index contributed by atoms with van der Waals surface area (Å²) in [6.45, 7) is 7.77. The van der Waals surface area contributed by atoms with Crippen molar-refractivity contribution < 1.29 is 28.7 Å². The van der Waals surface area contributed by atoms with Gasteiger partial charge in [0.15, 0.2) is 0 Å². The maximum absolute atomic E-state index is 13.3. The molecule has 9 heteroatoms. The summed E-state index contributed by atoms with van der Waals surface area (Å²) < 4.78 is 10.8. The summed E-state index contributed by atoms with van der Waals surface area (Å²) in [5, 5.41) is 2.53. The Hall–Kier alpha value is -4.43. The Labute approximate surface area is 231 Å². The predicted molar refractivity (Wildman–Crippen MR) is 148 cm³/mol. The molecule has 0 atom stereocenters. The normalized spacial score (nSPS) is 13.1. The Bertz CT molecular complexity index is 1510. The van der Waals surface area contributed by atoms with Gasteiger partial charge in [0.05, 0.1) is 23.4 Å². The van der Waals surface area contributed by atoms with Crippen molar-refractivity contribution in [3.63, 3.8) is 0 Å². The van der Waals surface area contributed by atoms with Crippen LogP contribution in [0.5, 0.6) is 5.75 Å². The maximum Gasteiger partial charge on any atom is 0.343 e. The van der Waals surface area contributed by atoms with Crippen molar-refractivity contribution in [2.45, 2.75) is 34.1 Å². The highest BCUT2D eigenvalue weighted by Gasteiger charge is 2.40. The molecule has 0 spiro atoms. The summed E-state index contributed by atoms with van der Waals surface area (Å²) in [4.78, 5) is 52.4. The van der Waals surface area contributed by atoms with Gasteiger partial charge in [-0.05, 0) is 80.3 Å². The van der Waals surface area contributed by atoms with Gasteiger partial charge >= 0.3 is 11.9 Å². The van der Waals surface area contributed by atoms with Crippen molar-refractivity contribution >= 4 is 46.7 Å². The Kier molecular flexibility index (Phi) is 8.16. The number of aryl methyl sites for hydroxylation is 2. The zero-order chi connectivity index (χ0) is 28.3. The van der Waals surface area contributed by atoms with Crippen LogP contribution in [-0.4, -0.2) is 30.4 Å². The van der Waals surface area contributed by atoms with Crippen LogP contribution in [-0.2, 0) is 14.3 Å². The molecule has 0 aromatic heterocycles. The molecule has 1 heterocycles. The number of carbonyl (C=O) groups excluding carboxylic acids is 4. The van der Waals surface area contributed by atoms with E-state index in [1.165, 1.54) is 24.3 Å². The van der Waals surface area contributed by atoms with Crippen molar-refractivity contribution in [1.82, 2.24) is 0 Å². The fourth-order valence-corrected chi connectivity index (χ4v) is 4.22. The molecule has 200 valence electrons. The molecular formula is C30H27ClN2O6. The molecule has 1 aliphatic heterocycles. The van der Waals surface area contributed by atoms with Crippen LogP contribution in [0.2, 0.25) is 0 Å². The number of rotatable bonds is 8. The minimum Gasteiger partial charge on any atom is -0.462 e. The van der Waals surface area contributed by atoms with E-state index in [4.69, 9.17) is 21.1 Å². The fourth-order valence-electron chi connectivity index (χ4n) is 4.01. The number of hydrogen-bond donors (Lipinski definition) is 1. The minimum absolute atomic E-state index is 0.0697. The van der Waals surface area contributed by atoms with Crippen LogP contribution >= 0.6 is 11.6 Å². The quantitative estimate of drug-likeness (QED) is 0.215. The van der Waals surface area contributed by atoms with E-state index in [1.807, 2.05) is 39.8 Å². The minimum atomic E-state index is -0.774. The molecule has 0 saturated carbocycles.